The van der Waals surface area contributed by atoms with E-state index >= 15 is 0 Å². The van der Waals surface area contributed by atoms with E-state index in [1.807, 2.05) is 12.1 Å². The summed E-state index contributed by atoms with van der Waals surface area (Å²) in [6, 6.07) is 11.2. The van der Waals surface area contributed by atoms with Crippen LogP contribution >= 0.6 is 31.9 Å². The highest BCUT2D eigenvalue weighted by atomic mass is 79.9. The third kappa shape index (κ3) is 5.16. The summed E-state index contributed by atoms with van der Waals surface area (Å²) < 4.78 is 0. The molecule has 1 radical (unpaired) electrons. The van der Waals surface area contributed by atoms with E-state index in [4.69, 9.17) is 0 Å². The second-order valence-corrected chi connectivity index (χ2v) is 6.43. The number of hydrogen-bond acceptors (Lipinski definition) is 0. The minimum Gasteiger partial charge on any atom is -0.0894 e. The van der Waals surface area contributed by atoms with Crippen LogP contribution < -0.4 is 0 Å². The molecule has 0 fully saturated rings. The first-order chi connectivity index (χ1) is 6.68. The van der Waals surface area contributed by atoms with E-state index in [-0.39, 0.29) is 0 Å². The van der Waals surface area contributed by atoms with Crippen molar-refractivity contribution in [2.24, 2.45) is 0 Å². The summed E-state index contributed by atoms with van der Waals surface area (Å²) in [7, 11) is 0. The number of hydrogen-bond donors (Lipinski definition) is 0. The van der Waals surface area contributed by atoms with Gasteiger partial charge in [0.25, 0.3) is 0 Å². The largest absolute Gasteiger partial charge is 0.0894 e. The van der Waals surface area contributed by atoms with Crippen molar-refractivity contribution >= 4 is 31.9 Å². The van der Waals surface area contributed by atoms with Crippen molar-refractivity contribution in [1.82, 2.24) is 0 Å². The molecule has 77 valence electrons. The Balaban J connectivity index is 2.30. The second-order valence-electron chi connectivity index (χ2n) is 3.57. The monoisotopic (exact) mass is 317 g/mol. The first-order valence-corrected chi connectivity index (χ1v) is 6.74. The van der Waals surface area contributed by atoms with E-state index < -0.39 is 0 Å². The highest BCUT2D eigenvalue weighted by Crippen LogP contribution is 2.18. The molecular formula is C12H15Br2. The Kier molecular flexibility index (Phi) is 5.80. The SMILES string of the molecule is CC(Br)CCC(Br)Cc1cc[c]cc1. The molecule has 0 nitrogen and oxygen atoms in total. The van der Waals surface area contributed by atoms with Gasteiger partial charge in [0.2, 0.25) is 0 Å². The van der Waals surface area contributed by atoms with Crippen LogP contribution in [0.3, 0.4) is 0 Å². The van der Waals surface area contributed by atoms with Crippen molar-refractivity contribution in [1.29, 1.82) is 0 Å². The summed E-state index contributed by atoms with van der Waals surface area (Å²) in [5.74, 6) is 0. The lowest BCUT2D eigenvalue weighted by Crippen LogP contribution is -2.05. The van der Waals surface area contributed by atoms with Gasteiger partial charge in [-0.2, -0.15) is 0 Å². The van der Waals surface area contributed by atoms with Gasteiger partial charge < -0.3 is 0 Å². The number of alkyl halides is 2. The minimum atomic E-state index is 0.588. The lowest BCUT2D eigenvalue weighted by molar-refractivity contribution is 0.702. The van der Waals surface area contributed by atoms with Crippen LogP contribution in [0.15, 0.2) is 24.3 Å². The summed E-state index contributed by atoms with van der Waals surface area (Å²) in [4.78, 5) is 1.21. The summed E-state index contributed by atoms with van der Waals surface area (Å²) >= 11 is 7.27. The van der Waals surface area contributed by atoms with Crippen LogP contribution in [0.2, 0.25) is 0 Å². The molecule has 2 atom stereocenters. The van der Waals surface area contributed by atoms with Gasteiger partial charge >= 0.3 is 0 Å². The lowest BCUT2D eigenvalue weighted by atomic mass is 10.1. The fourth-order valence-electron chi connectivity index (χ4n) is 1.33. The Morgan fingerprint density at radius 1 is 1.21 bits per heavy atom. The van der Waals surface area contributed by atoms with Crippen molar-refractivity contribution in [3.8, 4) is 0 Å². The third-order valence-electron chi connectivity index (χ3n) is 2.12. The summed E-state index contributed by atoms with van der Waals surface area (Å²) in [5, 5.41) is 0. The van der Waals surface area contributed by atoms with Crippen LogP contribution in [0, 0.1) is 6.07 Å². The Bertz CT molecular complexity index is 244. The molecule has 0 spiro atoms. The van der Waals surface area contributed by atoms with Crippen LogP contribution in [-0.4, -0.2) is 9.65 Å². The molecule has 0 aliphatic rings. The summed E-state index contributed by atoms with van der Waals surface area (Å²) in [6.07, 6.45) is 3.54. The molecule has 1 aromatic rings. The maximum atomic E-state index is 3.71. The van der Waals surface area contributed by atoms with Crippen molar-refractivity contribution in [2.45, 2.75) is 35.8 Å². The van der Waals surface area contributed by atoms with Crippen LogP contribution in [-0.2, 0) is 6.42 Å². The van der Waals surface area contributed by atoms with Crippen LogP contribution in [0.5, 0.6) is 0 Å². The quantitative estimate of drug-likeness (QED) is 0.708. The van der Waals surface area contributed by atoms with Gasteiger partial charge in [0, 0.05) is 9.65 Å². The van der Waals surface area contributed by atoms with Gasteiger partial charge in [0.15, 0.2) is 0 Å². The van der Waals surface area contributed by atoms with E-state index in [1.54, 1.807) is 0 Å². The predicted molar refractivity (Wildman–Crippen MR) is 69.3 cm³/mol. The fourth-order valence-corrected chi connectivity index (χ4v) is 2.23. The Morgan fingerprint density at radius 2 is 1.86 bits per heavy atom. The van der Waals surface area contributed by atoms with Crippen LogP contribution in [0.25, 0.3) is 0 Å². The van der Waals surface area contributed by atoms with Crippen molar-refractivity contribution in [2.75, 3.05) is 0 Å². The lowest BCUT2D eigenvalue weighted by Gasteiger charge is -2.10. The molecule has 0 aromatic heterocycles. The second kappa shape index (κ2) is 6.62. The fraction of sp³-hybridized carbons (Fsp3) is 0.500. The molecule has 2 unspecified atom stereocenters. The van der Waals surface area contributed by atoms with Gasteiger partial charge in [-0.1, -0.05) is 63.0 Å². The van der Waals surface area contributed by atoms with E-state index in [1.165, 1.54) is 18.4 Å². The zero-order valence-electron chi connectivity index (χ0n) is 8.34. The first kappa shape index (κ1) is 12.3. The topological polar surface area (TPSA) is 0 Å². The molecule has 2 heteroatoms. The molecule has 0 saturated carbocycles. The van der Waals surface area contributed by atoms with Gasteiger partial charge in [-0.3, -0.25) is 0 Å². The first-order valence-electron chi connectivity index (χ1n) is 4.91. The van der Waals surface area contributed by atoms with E-state index in [0.717, 1.165) is 6.42 Å². The van der Waals surface area contributed by atoms with Crippen molar-refractivity contribution in [3.05, 3.63) is 35.9 Å². The van der Waals surface area contributed by atoms with Crippen LogP contribution in [0.4, 0.5) is 0 Å². The maximum Gasteiger partial charge on any atom is 0.0186 e. The van der Waals surface area contributed by atoms with E-state index in [9.17, 15) is 0 Å². The zero-order chi connectivity index (χ0) is 10.4. The smallest absolute Gasteiger partial charge is 0.0186 e. The van der Waals surface area contributed by atoms with E-state index in [2.05, 4.69) is 57.0 Å². The molecule has 0 aliphatic heterocycles. The van der Waals surface area contributed by atoms with E-state index in [0.29, 0.717) is 9.65 Å². The van der Waals surface area contributed by atoms with Crippen molar-refractivity contribution in [3.63, 3.8) is 0 Å². The molecule has 0 heterocycles. The summed E-state index contributed by atoms with van der Waals surface area (Å²) in [5.41, 5.74) is 1.38. The molecule has 0 aliphatic carbocycles. The molecule has 0 saturated heterocycles. The number of halogens is 2. The van der Waals surface area contributed by atoms with Crippen LogP contribution in [0.1, 0.15) is 25.3 Å². The number of rotatable bonds is 5. The van der Waals surface area contributed by atoms with Gasteiger partial charge in [-0.15, -0.1) is 0 Å². The molecule has 0 bridgehead atoms. The van der Waals surface area contributed by atoms with Gasteiger partial charge in [-0.05, 0) is 30.9 Å². The highest BCUT2D eigenvalue weighted by Gasteiger charge is 2.06. The standard InChI is InChI=1S/C12H15Br2/c1-10(13)7-8-12(14)9-11-5-3-2-4-6-11/h3-6,10,12H,7-9H2,1H3. The molecule has 1 rings (SSSR count). The molecule has 1 aromatic carbocycles. The molecule has 0 amide bonds. The van der Waals surface area contributed by atoms with Gasteiger partial charge in [0.1, 0.15) is 0 Å². The zero-order valence-corrected chi connectivity index (χ0v) is 11.5. The number of benzene rings is 1. The van der Waals surface area contributed by atoms with Crippen molar-refractivity contribution < 1.29 is 0 Å². The normalized spacial score (nSPS) is 15.1. The highest BCUT2D eigenvalue weighted by molar-refractivity contribution is 9.09. The third-order valence-corrected chi connectivity index (χ3v) is 3.36. The average molecular weight is 319 g/mol. The van der Waals surface area contributed by atoms with Gasteiger partial charge in [-0.25, -0.2) is 0 Å². The molecule has 14 heavy (non-hydrogen) atoms. The Morgan fingerprint density at radius 3 is 2.43 bits per heavy atom. The average Bonchev–Trinajstić information content (AvgIpc) is 2.16. The maximum absolute atomic E-state index is 3.71. The predicted octanol–water partition coefficient (Wildman–Crippen LogP) is 4.36. The molecular weight excluding hydrogens is 304 g/mol. The Hall–Kier alpha value is 0.180. The minimum absolute atomic E-state index is 0.588. The molecule has 0 N–H and O–H groups in total. The van der Waals surface area contributed by atoms with Gasteiger partial charge in [0.05, 0.1) is 0 Å². The Labute approximate surface area is 103 Å². The summed E-state index contributed by atoms with van der Waals surface area (Å²) in [6.45, 7) is 2.19.